The van der Waals surface area contributed by atoms with E-state index in [4.69, 9.17) is 9.47 Å². The molecule has 0 aromatic heterocycles. The van der Waals surface area contributed by atoms with Crippen molar-refractivity contribution in [1.82, 2.24) is 0 Å². The van der Waals surface area contributed by atoms with Crippen LogP contribution in [0, 0.1) is 0 Å². The summed E-state index contributed by atoms with van der Waals surface area (Å²) in [4.78, 5) is 12.4. The minimum atomic E-state index is -1.08. The molecule has 0 fully saturated rings. The molecule has 3 nitrogen and oxygen atoms in total. The van der Waals surface area contributed by atoms with Crippen molar-refractivity contribution in [3.63, 3.8) is 0 Å². The highest BCUT2D eigenvalue weighted by molar-refractivity contribution is 6.04. The van der Waals surface area contributed by atoms with Crippen LogP contribution in [0.4, 0.5) is 0 Å². The summed E-state index contributed by atoms with van der Waals surface area (Å²) < 4.78 is 11.0. The molecule has 1 aromatic carbocycles. The quantitative estimate of drug-likeness (QED) is 0.747. The molecular formula is C17H22O3. The second-order valence-corrected chi connectivity index (χ2v) is 5.11. The normalized spacial score (nSPS) is 22.6. The third-order valence-corrected chi connectivity index (χ3v) is 3.93. The van der Waals surface area contributed by atoms with E-state index in [2.05, 4.69) is 12.1 Å². The van der Waals surface area contributed by atoms with Crippen molar-refractivity contribution in [3.05, 3.63) is 47.0 Å². The summed E-state index contributed by atoms with van der Waals surface area (Å²) in [5, 5.41) is 0. The number of ketones is 1. The summed E-state index contributed by atoms with van der Waals surface area (Å²) in [7, 11) is 1.54. The molecule has 108 valence electrons. The number of ether oxygens (including phenoxy) is 2. The number of aryl methyl sites for hydroxylation is 1. The van der Waals surface area contributed by atoms with Crippen LogP contribution in [-0.4, -0.2) is 25.3 Å². The van der Waals surface area contributed by atoms with Gasteiger partial charge in [-0.05, 0) is 37.8 Å². The van der Waals surface area contributed by atoms with Crippen LogP contribution in [0.2, 0.25) is 0 Å². The lowest BCUT2D eigenvalue weighted by Gasteiger charge is -2.26. The lowest BCUT2D eigenvalue weighted by Crippen LogP contribution is -2.40. The standard InChI is InChI=1S/C17H22O3/c1-4-20-17(19-3)12-15(13(2)16(17)18)11-10-14-8-6-5-7-9-14/h5-9H,4,10-12H2,1-3H3. The minimum Gasteiger partial charge on any atom is -0.346 e. The van der Waals surface area contributed by atoms with Gasteiger partial charge in [-0.25, -0.2) is 0 Å². The lowest BCUT2D eigenvalue weighted by molar-refractivity contribution is -0.209. The molecule has 1 aliphatic rings. The Bertz CT molecular complexity index is 504. The van der Waals surface area contributed by atoms with E-state index >= 15 is 0 Å². The fraction of sp³-hybridized carbons (Fsp3) is 0.471. The molecule has 0 aliphatic heterocycles. The molecule has 1 aliphatic carbocycles. The van der Waals surface area contributed by atoms with Crippen LogP contribution in [0.1, 0.15) is 32.3 Å². The minimum absolute atomic E-state index is 0.0232. The van der Waals surface area contributed by atoms with Crippen LogP contribution in [0.3, 0.4) is 0 Å². The zero-order valence-corrected chi connectivity index (χ0v) is 12.4. The molecule has 1 atom stereocenters. The number of methoxy groups -OCH3 is 1. The Labute approximate surface area is 120 Å². The van der Waals surface area contributed by atoms with Crippen LogP contribution in [0.5, 0.6) is 0 Å². The van der Waals surface area contributed by atoms with Gasteiger partial charge in [0.2, 0.25) is 11.6 Å². The zero-order chi connectivity index (χ0) is 14.6. The van der Waals surface area contributed by atoms with E-state index in [1.807, 2.05) is 32.0 Å². The second kappa shape index (κ2) is 6.33. The molecule has 20 heavy (non-hydrogen) atoms. The van der Waals surface area contributed by atoms with E-state index in [0.29, 0.717) is 13.0 Å². The molecule has 0 amide bonds. The number of rotatable bonds is 6. The molecule has 0 spiro atoms. The first kappa shape index (κ1) is 14.9. The monoisotopic (exact) mass is 274 g/mol. The van der Waals surface area contributed by atoms with Crippen molar-refractivity contribution in [1.29, 1.82) is 0 Å². The smallest absolute Gasteiger partial charge is 0.236 e. The first-order valence-corrected chi connectivity index (χ1v) is 7.09. The van der Waals surface area contributed by atoms with E-state index in [1.165, 1.54) is 5.56 Å². The molecule has 0 bridgehead atoms. The van der Waals surface area contributed by atoms with E-state index < -0.39 is 5.79 Å². The van der Waals surface area contributed by atoms with Crippen molar-refractivity contribution < 1.29 is 14.3 Å². The number of carbonyl (C=O) groups excluding carboxylic acids is 1. The van der Waals surface area contributed by atoms with Crippen molar-refractivity contribution in [3.8, 4) is 0 Å². The SMILES string of the molecule is CCOC1(OC)CC(CCc2ccccc2)=C(C)C1=O. The van der Waals surface area contributed by atoms with Gasteiger partial charge < -0.3 is 9.47 Å². The highest BCUT2D eigenvalue weighted by Crippen LogP contribution is 2.37. The molecule has 0 radical (unpaired) electrons. The topological polar surface area (TPSA) is 35.5 Å². The average Bonchev–Trinajstić information content (AvgIpc) is 2.72. The van der Waals surface area contributed by atoms with Gasteiger partial charge >= 0.3 is 0 Å². The first-order chi connectivity index (χ1) is 9.63. The average molecular weight is 274 g/mol. The van der Waals surface area contributed by atoms with Gasteiger partial charge in [0, 0.05) is 20.1 Å². The molecule has 0 heterocycles. The number of hydrogen-bond donors (Lipinski definition) is 0. The molecule has 0 N–H and O–H groups in total. The summed E-state index contributed by atoms with van der Waals surface area (Å²) in [6.07, 6.45) is 2.36. The van der Waals surface area contributed by atoms with E-state index in [-0.39, 0.29) is 5.78 Å². The summed E-state index contributed by atoms with van der Waals surface area (Å²) in [5.41, 5.74) is 3.23. The Morgan fingerprint density at radius 2 is 1.90 bits per heavy atom. The third kappa shape index (κ3) is 2.84. The molecule has 0 saturated heterocycles. The summed E-state index contributed by atoms with van der Waals surface area (Å²) in [6.45, 7) is 4.23. The van der Waals surface area contributed by atoms with Crippen molar-refractivity contribution in [2.75, 3.05) is 13.7 Å². The van der Waals surface area contributed by atoms with Crippen LogP contribution in [-0.2, 0) is 20.7 Å². The maximum absolute atomic E-state index is 12.4. The van der Waals surface area contributed by atoms with Crippen LogP contribution in [0.15, 0.2) is 41.5 Å². The van der Waals surface area contributed by atoms with Crippen LogP contribution < -0.4 is 0 Å². The van der Waals surface area contributed by atoms with Gasteiger partial charge in [-0.1, -0.05) is 35.9 Å². The molecule has 1 aromatic rings. The fourth-order valence-electron chi connectivity index (χ4n) is 2.73. The zero-order valence-electron chi connectivity index (χ0n) is 12.4. The Morgan fingerprint density at radius 3 is 2.50 bits per heavy atom. The summed E-state index contributed by atoms with van der Waals surface area (Å²) in [6, 6.07) is 10.3. The van der Waals surface area contributed by atoms with E-state index in [9.17, 15) is 4.79 Å². The van der Waals surface area contributed by atoms with Crippen molar-refractivity contribution in [2.24, 2.45) is 0 Å². The van der Waals surface area contributed by atoms with Gasteiger partial charge in [-0.15, -0.1) is 0 Å². The maximum atomic E-state index is 12.4. The van der Waals surface area contributed by atoms with Crippen molar-refractivity contribution >= 4 is 5.78 Å². The maximum Gasteiger partial charge on any atom is 0.236 e. The Balaban J connectivity index is 2.07. The van der Waals surface area contributed by atoms with E-state index in [0.717, 1.165) is 24.0 Å². The summed E-state index contributed by atoms with van der Waals surface area (Å²) in [5.74, 6) is -1.10. The Kier molecular flexibility index (Phi) is 4.73. The van der Waals surface area contributed by atoms with Gasteiger partial charge in [0.15, 0.2) is 0 Å². The number of hydrogen-bond acceptors (Lipinski definition) is 3. The molecule has 0 saturated carbocycles. The summed E-state index contributed by atoms with van der Waals surface area (Å²) >= 11 is 0. The Morgan fingerprint density at radius 1 is 1.20 bits per heavy atom. The molecule has 1 unspecified atom stereocenters. The highest BCUT2D eigenvalue weighted by atomic mass is 16.7. The Hall–Kier alpha value is -1.45. The molecule has 3 heteroatoms. The number of benzene rings is 1. The van der Waals surface area contributed by atoms with Crippen LogP contribution in [0.25, 0.3) is 0 Å². The van der Waals surface area contributed by atoms with Gasteiger partial charge in [0.1, 0.15) is 0 Å². The largest absolute Gasteiger partial charge is 0.346 e. The highest BCUT2D eigenvalue weighted by Gasteiger charge is 2.46. The van der Waals surface area contributed by atoms with Gasteiger partial charge in [0.05, 0.1) is 0 Å². The fourth-order valence-corrected chi connectivity index (χ4v) is 2.73. The number of Topliss-reactive ketones (excluding diaryl/α,β-unsaturated/α-hetero) is 1. The van der Waals surface area contributed by atoms with Gasteiger partial charge in [-0.3, -0.25) is 4.79 Å². The first-order valence-electron chi connectivity index (χ1n) is 7.09. The molecular weight excluding hydrogens is 252 g/mol. The predicted molar refractivity (Wildman–Crippen MR) is 78.5 cm³/mol. The molecule has 2 rings (SSSR count). The van der Waals surface area contributed by atoms with Gasteiger partial charge in [-0.2, -0.15) is 0 Å². The lowest BCUT2D eigenvalue weighted by atomic mass is 10.0. The van der Waals surface area contributed by atoms with Crippen molar-refractivity contribution in [2.45, 2.75) is 38.9 Å². The second-order valence-electron chi connectivity index (χ2n) is 5.11. The number of carbonyl (C=O) groups is 1. The van der Waals surface area contributed by atoms with E-state index in [1.54, 1.807) is 7.11 Å². The third-order valence-electron chi connectivity index (χ3n) is 3.93. The van der Waals surface area contributed by atoms with Gasteiger partial charge in [0.25, 0.3) is 0 Å². The van der Waals surface area contributed by atoms with Crippen LogP contribution >= 0.6 is 0 Å². The predicted octanol–water partition coefficient (Wildman–Crippen LogP) is 3.29.